The highest BCUT2D eigenvalue weighted by molar-refractivity contribution is 9.08. The lowest BCUT2D eigenvalue weighted by Crippen LogP contribution is -2.38. The van der Waals surface area contributed by atoms with Crippen LogP contribution in [0.15, 0.2) is 85.1 Å². The van der Waals surface area contributed by atoms with Crippen LogP contribution >= 0.6 is 38.6 Å². The molecule has 6 heterocycles. The molecular weight excluding hydrogens is 949 g/mol. The van der Waals surface area contributed by atoms with Gasteiger partial charge in [-0.1, -0.05) is 28.1 Å². The molecule has 0 spiro atoms. The second-order valence-electron chi connectivity index (χ2n) is 13.7. The largest absolute Gasteiger partial charge is 0.443 e. The minimum absolute atomic E-state index is 0.00632. The van der Waals surface area contributed by atoms with Crippen molar-refractivity contribution < 1.29 is 35.8 Å². The van der Waals surface area contributed by atoms with Crippen molar-refractivity contribution in [2.45, 2.75) is 44.5 Å². The number of aliphatic imine (C=N–C) groups is 1. The zero-order chi connectivity index (χ0) is 46.1. The number of hydrogen-bond acceptors (Lipinski definition) is 12. The molecule has 63 heavy (non-hydrogen) atoms. The van der Waals surface area contributed by atoms with Crippen LogP contribution in [0.5, 0.6) is 17.5 Å². The van der Waals surface area contributed by atoms with Crippen LogP contribution in [0.25, 0.3) is 11.2 Å². The Morgan fingerprint density at radius 2 is 1.24 bits per heavy atom. The highest BCUT2D eigenvalue weighted by atomic mass is 79.9. The Hall–Kier alpha value is -6.14. The molecule has 5 aromatic heterocycles. The maximum absolute atomic E-state index is 13.1. The van der Waals surface area contributed by atoms with Crippen molar-refractivity contribution in [2.75, 3.05) is 0 Å². The number of aryl methyl sites for hydroxylation is 3. The molecule has 15 nitrogen and oxygen atoms in total. The molecule has 24 heteroatoms. The molecule has 0 fully saturated rings. The van der Waals surface area contributed by atoms with Crippen molar-refractivity contribution in [3.8, 4) is 17.5 Å². The van der Waals surface area contributed by atoms with E-state index in [0.29, 0.717) is 5.01 Å². The van der Waals surface area contributed by atoms with Crippen LogP contribution in [0.2, 0.25) is 0 Å². The van der Waals surface area contributed by atoms with Crippen LogP contribution in [0.1, 0.15) is 36.5 Å². The summed E-state index contributed by atoms with van der Waals surface area (Å²) < 4.78 is 94.1. The first-order valence-corrected chi connectivity index (χ1v) is 20.9. The number of benzene rings is 2. The molecular formula is C39H34BrF6N9O6S2. The molecule has 8 rings (SSSR count). The van der Waals surface area contributed by atoms with Crippen LogP contribution < -0.4 is 32.0 Å². The molecule has 0 amide bonds. The fourth-order valence-electron chi connectivity index (χ4n) is 6.01. The molecule has 1 aliphatic rings. The SMILES string of the molecule is Cc1cnc(CBr)s1.Cc1cnc(Cn2c(Oc3cccc(C(F)(F)F)c3)nc3c2c(=O)n(C)c(=O)n3C)s1.Cn1c2c(c(=O)n(C)c1=O)CC(Oc1cccc(C(F)(F)F)c1)=N2. The van der Waals surface area contributed by atoms with Gasteiger partial charge in [-0.25, -0.2) is 19.6 Å². The maximum atomic E-state index is 13.1. The summed E-state index contributed by atoms with van der Waals surface area (Å²) in [5, 5.41) is 2.68. The van der Waals surface area contributed by atoms with Gasteiger partial charge in [0.25, 0.3) is 11.1 Å². The minimum Gasteiger partial charge on any atom is -0.443 e. The maximum Gasteiger partial charge on any atom is 0.416 e. The van der Waals surface area contributed by atoms with E-state index >= 15 is 0 Å². The fraction of sp³-hybridized carbons (Fsp3) is 0.282. The van der Waals surface area contributed by atoms with Gasteiger partial charge in [0.2, 0.25) is 5.90 Å². The van der Waals surface area contributed by atoms with E-state index in [1.54, 1.807) is 17.5 Å². The first-order valence-electron chi connectivity index (χ1n) is 18.2. The standard InChI is InChI=1S/C19H16F3N5O3S.C15H12F3N3O3.C5H6BrNS/c1-10-8-23-13(31-10)9-27-14-15(25(2)18(29)26(3)16(14)28)24-17(27)30-12-6-4-5-11(7-12)19(20,21)22;1-20-12-10(13(22)21(2)14(20)23)7-11(19-12)24-9-5-3-4-8(6-9)15(16,17)18;1-4-3-7-5(2-6)8-4/h4-8H,9H2,1-3H3;3-6H,7H2,1-2H3;3H,2H2,1H3. The zero-order valence-electron chi connectivity index (χ0n) is 33.8. The van der Waals surface area contributed by atoms with E-state index in [1.807, 2.05) is 13.1 Å². The van der Waals surface area contributed by atoms with Crippen molar-refractivity contribution in [3.63, 3.8) is 0 Å². The lowest BCUT2D eigenvalue weighted by molar-refractivity contribution is -0.138. The van der Waals surface area contributed by atoms with Gasteiger partial charge in [0.1, 0.15) is 27.3 Å². The highest BCUT2D eigenvalue weighted by Gasteiger charge is 2.32. The monoisotopic (exact) mass is 981 g/mol. The molecule has 0 bridgehead atoms. The first kappa shape index (κ1) is 46.4. The van der Waals surface area contributed by atoms with Gasteiger partial charge < -0.3 is 9.47 Å². The summed E-state index contributed by atoms with van der Waals surface area (Å²) in [6, 6.07) is 8.56. The molecule has 0 aliphatic carbocycles. The number of imidazole rings is 1. The number of thiazole rings is 2. The van der Waals surface area contributed by atoms with Crippen molar-refractivity contribution >= 4 is 61.5 Å². The molecule has 2 aromatic carbocycles. The summed E-state index contributed by atoms with van der Waals surface area (Å²) in [6.45, 7) is 4.02. The smallest absolute Gasteiger partial charge is 0.416 e. The second-order valence-corrected chi connectivity index (χ2v) is 16.9. The number of aromatic nitrogens is 8. The Labute approximate surface area is 367 Å². The van der Waals surface area contributed by atoms with Crippen LogP contribution in [0.3, 0.4) is 0 Å². The third-order valence-electron chi connectivity index (χ3n) is 9.11. The van der Waals surface area contributed by atoms with E-state index in [2.05, 4.69) is 42.8 Å². The summed E-state index contributed by atoms with van der Waals surface area (Å²) >= 11 is 6.44. The predicted molar refractivity (Wildman–Crippen MR) is 227 cm³/mol. The van der Waals surface area contributed by atoms with E-state index in [9.17, 15) is 45.5 Å². The molecule has 0 saturated heterocycles. The van der Waals surface area contributed by atoms with Crippen LogP contribution in [0.4, 0.5) is 32.2 Å². The van der Waals surface area contributed by atoms with E-state index in [-0.39, 0.29) is 58.9 Å². The molecule has 0 atom stereocenters. The third-order valence-corrected chi connectivity index (χ3v) is 11.8. The van der Waals surface area contributed by atoms with Crippen molar-refractivity contribution in [2.24, 2.45) is 33.2 Å². The quantitative estimate of drug-likeness (QED) is 0.124. The first-order chi connectivity index (χ1) is 29.6. The molecule has 1 aliphatic heterocycles. The number of fused-ring (bicyclic) bond motifs is 2. The average Bonchev–Trinajstić information content (AvgIpc) is 4.05. The van der Waals surface area contributed by atoms with Crippen molar-refractivity contribution in [3.05, 3.63) is 139 Å². The Morgan fingerprint density at radius 3 is 1.75 bits per heavy atom. The molecule has 0 radical (unpaired) electrons. The van der Waals surface area contributed by atoms with Gasteiger partial charge in [-0.05, 0) is 50.2 Å². The number of halogens is 7. The lowest BCUT2D eigenvalue weighted by Gasteiger charge is -2.11. The van der Waals surface area contributed by atoms with Crippen molar-refractivity contribution in [1.82, 2.24) is 37.8 Å². The molecule has 0 unspecified atom stereocenters. The van der Waals surface area contributed by atoms with Gasteiger partial charge >= 0.3 is 29.7 Å². The van der Waals surface area contributed by atoms with Crippen molar-refractivity contribution in [1.29, 1.82) is 0 Å². The van der Waals surface area contributed by atoms with E-state index in [4.69, 9.17) is 9.47 Å². The molecule has 332 valence electrons. The van der Waals surface area contributed by atoms with E-state index in [1.165, 1.54) is 82.4 Å². The summed E-state index contributed by atoms with van der Waals surface area (Å²) in [7, 11) is 5.58. The Kier molecular flexibility index (Phi) is 13.5. The molecule has 7 aromatic rings. The zero-order valence-corrected chi connectivity index (χ0v) is 37.1. The van der Waals surface area contributed by atoms with Gasteiger partial charge in [-0.3, -0.25) is 32.4 Å². The summed E-state index contributed by atoms with van der Waals surface area (Å²) in [5.41, 5.74) is -3.55. The highest BCUT2D eigenvalue weighted by Crippen LogP contribution is 2.34. The number of nitrogens with zero attached hydrogens (tertiary/aromatic N) is 9. The Bertz CT molecular complexity index is 3120. The third kappa shape index (κ3) is 10.2. The summed E-state index contributed by atoms with van der Waals surface area (Å²) in [4.78, 5) is 68.0. The number of alkyl halides is 7. The summed E-state index contributed by atoms with van der Waals surface area (Å²) in [5.74, 6) is 0.0643. The van der Waals surface area contributed by atoms with E-state index < -0.39 is 46.0 Å². The second kappa shape index (κ2) is 18.3. The van der Waals surface area contributed by atoms with Gasteiger partial charge in [-0.15, -0.1) is 22.7 Å². The fourth-order valence-corrected chi connectivity index (χ4v) is 7.91. The molecule has 0 saturated carbocycles. The normalized spacial score (nSPS) is 12.3. The van der Waals surface area contributed by atoms with Crippen LogP contribution in [-0.2, 0) is 58.8 Å². The predicted octanol–water partition coefficient (Wildman–Crippen LogP) is 7.17. The van der Waals surface area contributed by atoms with Gasteiger partial charge in [-0.2, -0.15) is 36.3 Å². The van der Waals surface area contributed by atoms with Gasteiger partial charge in [0.15, 0.2) is 11.2 Å². The average molecular weight is 983 g/mol. The van der Waals surface area contributed by atoms with Crippen LogP contribution in [0, 0.1) is 13.8 Å². The Morgan fingerprint density at radius 1 is 0.714 bits per heavy atom. The van der Waals surface area contributed by atoms with Gasteiger partial charge in [0, 0.05) is 50.3 Å². The number of ether oxygens (including phenoxy) is 2. The number of hydrogen-bond donors (Lipinski definition) is 0. The van der Waals surface area contributed by atoms with Gasteiger partial charge in [0.05, 0.1) is 35.0 Å². The lowest BCUT2D eigenvalue weighted by atomic mass is 10.2. The Balaban J connectivity index is 0.000000182. The summed E-state index contributed by atoms with van der Waals surface area (Å²) in [6.07, 6.45) is -5.47. The van der Waals surface area contributed by atoms with Crippen LogP contribution in [-0.4, -0.2) is 43.7 Å². The number of rotatable bonds is 6. The topological polar surface area (TPSA) is 162 Å². The molecule has 0 N–H and O–H groups in total. The van der Waals surface area contributed by atoms with E-state index in [0.717, 1.165) is 48.6 Å². The minimum atomic E-state index is -4.54.